The lowest BCUT2D eigenvalue weighted by atomic mass is 9.85. The molecule has 4 rings (SSSR count). The van der Waals surface area contributed by atoms with Gasteiger partial charge >= 0.3 is 0 Å². The van der Waals surface area contributed by atoms with E-state index in [4.69, 9.17) is 14.2 Å². The highest BCUT2D eigenvalue weighted by Crippen LogP contribution is 2.42. The maximum absolute atomic E-state index is 10.8. The van der Waals surface area contributed by atoms with Crippen molar-refractivity contribution < 1.29 is 19.3 Å². The van der Waals surface area contributed by atoms with E-state index in [2.05, 4.69) is 27.7 Å². The number of ether oxygens (including phenoxy) is 3. The number of allylic oxidation sites excluding steroid dienone is 2. The summed E-state index contributed by atoms with van der Waals surface area (Å²) in [6, 6.07) is 0. The molecule has 3 fully saturated rings. The molecule has 0 saturated carbocycles. The van der Waals surface area contributed by atoms with Gasteiger partial charge in [-0.05, 0) is 37.2 Å². The van der Waals surface area contributed by atoms with Crippen molar-refractivity contribution in [1.82, 2.24) is 5.32 Å². The number of fused-ring (bicyclic) bond motifs is 5. The molecule has 23 heavy (non-hydrogen) atoms. The predicted molar refractivity (Wildman–Crippen MR) is 87.5 cm³/mol. The zero-order valence-electron chi connectivity index (χ0n) is 12.9. The predicted octanol–water partition coefficient (Wildman–Crippen LogP) is 1.99. The molecule has 2 unspecified atom stereocenters. The van der Waals surface area contributed by atoms with Gasteiger partial charge in [0.2, 0.25) is 0 Å². The van der Waals surface area contributed by atoms with E-state index in [1.54, 1.807) is 6.08 Å². The van der Waals surface area contributed by atoms with Crippen LogP contribution in [-0.2, 0) is 14.2 Å². The summed E-state index contributed by atoms with van der Waals surface area (Å²) in [5.41, 5.74) is 0.527. The lowest BCUT2D eigenvalue weighted by molar-refractivity contribution is -0.342. The standard InChI is InChI=1S/C16H20N2O4S/c1-2-3-12(18-10-23)4-5-16-7-6-15(19,9-20-11-21-16)14(22-16)13-8-17-13/h3-5,8,14,17,19H,2,6-7,9,11H2,1H3/b5-4-,12-3+/t14?,15?,16-/m0/s1. The average Bonchev–Trinajstić information content (AvgIpc) is 3.34. The third kappa shape index (κ3) is 3.61. The van der Waals surface area contributed by atoms with Gasteiger partial charge in [-0.25, -0.2) is 0 Å². The van der Waals surface area contributed by atoms with Crippen LogP contribution >= 0.6 is 12.2 Å². The molecule has 3 atom stereocenters. The van der Waals surface area contributed by atoms with Gasteiger partial charge in [0.1, 0.15) is 11.7 Å². The van der Waals surface area contributed by atoms with Gasteiger partial charge in [-0.1, -0.05) is 13.0 Å². The Balaban J connectivity index is 1.85. The molecular weight excluding hydrogens is 316 g/mol. The van der Waals surface area contributed by atoms with Crippen LogP contribution in [0, 0.1) is 0 Å². The normalized spacial score (nSPS) is 36.7. The molecule has 4 heterocycles. The second-order valence-electron chi connectivity index (χ2n) is 5.84. The zero-order chi connectivity index (χ0) is 16.3. The SMILES string of the molecule is CC/C=C(\C=C/[C@]12CCC(O)(COCO1)C(C1=CN1)O2)N=C=S. The Kier molecular flexibility index (Phi) is 4.77. The Hall–Kier alpha value is -1.34. The van der Waals surface area contributed by atoms with Crippen LogP contribution in [0.3, 0.4) is 0 Å². The fraction of sp³-hybridized carbons (Fsp3) is 0.562. The van der Waals surface area contributed by atoms with Gasteiger partial charge in [-0.3, -0.25) is 0 Å². The fourth-order valence-electron chi connectivity index (χ4n) is 2.85. The molecule has 0 spiro atoms. The first-order chi connectivity index (χ1) is 11.1. The lowest BCUT2D eigenvalue weighted by Crippen LogP contribution is -2.60. The first-order valence-corrected chi connectivity index (χ1v) is 8.07. The molecule has 6 nitrogen and oxygen atoms in total. The number of aliphatic imine (C=N–C) groups is 1. The Morgan fingerprint density at radius 3 is 3.13 bits per heavy atom. The van der Waals surface area contributed by atoms with Crippen LogP contribution < -0.4 is 5.32 Å². The molecule has 3 saturated heterocycles. The molecule has 0 radical (unpaired) electrons. The van der Waals surface area contributed by atoms with Crippen LogP contribution in [0.5, 0.6) is 0 Å². The highest BCUT2D eigenvalue weighted by molar-refractivity contribution is 7.78. The highest BCUT2D eigenvalue weighted by Gasteiger charge is 2.53. The van der Waals surface area contributed by atoms with Crippen molar-refractivity contribution in [2.24, 2.45) is 4.99 Å². The van der Waals surface area contributed by atoms with Crippen molar-refractivity contribution in [2.75, 3.05) is 13.4 Å². The van der Waals surface area contributed by atoms with Crippen LogP contribution in [0.25, 0.3) is 0 Å². The number of isothiocyanates is 1. The van der Waals surface area contributed by atoms with Crippen LogP contribution in [0.15, 0.2) is 40.8 Å². The van der Waals surface area contributed by atoms with Crippen LogP contribution in [0.4, 0.5) is 0 Å². The van der Waals surface area contributed by atoms with Gasteiger partial charge in [0, 0.05) is 12.6 Å². The summed E-state index contributed by atoms with van der Waals surface area (Å²) >= 11 is 4.67. The number of rotatable bonds is 5. The molecule has 0 aliphatic carbocycles. The summed E-state index contributed by atoms with van der Waals surface area (Å²) in [6.45, 7) is 2.27. The van der Waals surface area contributed by atoms with Gasteiger partial charge in [0.25, 0.3) is 0 Å². The molecule has 4 aliphatic rings. The van der Waals surface area contributed by atoms with Gasteiger partial charge < -0.3 is 24.6 Å². The van der Waals surface area contributed by atoms with E-state index in [1.807, 2.05) is 25.3 Å². The van der Waals surface area contributed by atoms with Gasteiger partial charge in [-0.15, -0.1) is 0 Å². The maximum atomic E-state index is 10.8. The van der Waals surface area contributed by atoms with Crippen LogP contribution in [0.2, 0.25) is 0 Å². The van der Waals surface area contributed by atoms with E-state index >= 15 is 0 Å². The fourth-order valence-corrected chi connectivity index (χ4v) is 2.95. The van der Waals surface area contributed by atoms with Gasteiger partial charge in [0.05, 0.1) is 23.2 Å². The van der Waals surface area contributed by atoms with Crippen molar-refractivity contribution in [3.63, 3.8) is 0 Å². The highest BCUT2D eigenvalue weighted by atomic mass is 32.1. The largest absolute Gasteiger partial charge is 0.384 e. The molecular formula is C16H20N2O4S. The number of thiocarbonyl (C=S) groups is 1. The van der Waals surface area contributed by atoms with Crippen LogP contribution in [0.1, 0.15) is 26.2 Å². The summed E-state index contributed by atoms with van der Waals surface area (Å²) < 4.78 is 17.4. The van der Waals surface area contributed by atoms with Crippen LogP contribution in [-0.4, -0.2) is 41.2 Å². The summed E-state index contributed by atoms with van der Waals surface area (Å²) in [6.07, 6.45) is 8.77. The van der Waals surface area contributed by atoms with E-state index in [-0.39, 0.29) is 13.4 Å². The van der Waals surface area contributed by atoms with E-state index in [0.29, 0.717) is 18.5 Å². The Bertz CT molecular complexity index is 611. The monoisotopic (exact) mass is 336 g/mol. The Morgan fingerprint density at radius 2 is 2.43 bits per heavy atom. The molecule has 0 amide bonds. The summed E-state index contributed by atoms with van der Waals surface area (Å²) in [5, 5.41) is 16.2. The quantitative estimate of drug-likeness (QED) is 0.454. The molecule has 4 aliphatic heterocycles. The topological polar surface area (TPSA) is 82.2 Å². The minimum atomic E-state index is -1.04. The number of nitrogens with one attached hydrogen (secondary N) is 1. The smallest absolute Gasteiger partial charge is 0.191 e. The molecule has 2 N–H and O–H groups in total. The minimum absolute atomic E-state index is 0.0646. The third-order valence-electron chi connectivity index (χ3n) is 4.14. The summed E-state index contributed by atoms with van der Waals surface area (Å²) in [5.74, 6) is -0.952. The van der Waals surface area contributed by atoms with Crippen molar-refractivity contribution in [3.05, 3.63) is 35.8 Å². The Labute approximate surface area is 140 Å². The third-order valence-corrected chi connectivity index (χ3v) is 4.23. The molecule has 2 bridgehead atoms. The number of hydrogen-bond donors (Lipinski definition) is 2. The maximum Gasteiger partial charge on any atom is 0.191 e. The second kappa shape index (κ2) is 6.65. The van der Waals surface area contributed by atoms with Gasteiger partial charge in [0.15, 0.2) is 12.6 Å². The summed E-state index contributed by atoms with van der Waals surface area (Å²) in [4.78, 5) is 4.02. The number of aliphatic hydroxyl groups is 1. The molecule has 124 valence electrons. The number of hydrogen-bond acceptors (Lipinski definition) is 7. The molecule has 0 aromatic heterocycles. The van der Waals surface area contributed by atoms with E-state index in [1.165, 1.54) is 0 Å². The number of nitrogens with zero attached hydrogens (tertiary/aromatic N) is 1. The van der Waals surface area contributed by atoms with E-state index in [9.17, 15) is 5.11 Å². The average molecular weight is 336 g/mol. The molecule has 0 aromatic rings. The van der Waals surface area contributed by atoms with Gasteiger partial charge in [-0.2, -0.15) is 4.99 Å². The van der Waals surface area contributed by atoms with Crippen molar-refractivity contribution >= 4 is 17.4 Å². The van der Waals surface area contributed by atoms with E-state index < -0.39 is 17.5 Å². The van der Waals surface area contributed by atoms with Crippen molar-refractivity contribution in [1.29, 1.82) is 0 Å². The Morgan fingerprint density at radius 1 is 1.61 bits per heavy atom. The second-order valence-corrected chi connectivity index (χ2v) is 6.02. The minimum Gasteiger partial charge on any atom is -0.384 e. The first-order valence-electron chi connectivity index (χ1n) is 7.66. The molecule has 7 heteroatoms. The van der Waals surface area contributed by atoms with Crippen molar-refractivity contribution in [2.45, 2.75) is 43.7 Å². The lowest BCUT2D eigenvalue weighted by Gasteiger charge is -2.48. The molecule has 0 aromatic carbocycles. The summed E-state index contributed by atoms with van der Waals surface area (Å²) in [7, 11) is 0. The first kappa shape index (κ1) is 16.5. The van der Waals surface area contributed by atoms with E-state index in [0.717, 1.165) is 12.1 Å². The zero-order valence-corrected chi connectivity index (χ0v) is 13.8. The van der Waals surface area contributed by atoms with Crippen molar-refractivity contribution in [3.8, 4) is 0 Å².